The summed E-state index contributed by atoms with van der Waals surface area (Å²) in [5, 5.41) is 2.51. The van der Waals surface area contributed by atoms with Crippen LogP contribution in [0.3, 0.4) is 0 Å². The quantitative estimate of drug-likeness (QED) is 0.173. The fraction of sp³-hybridized carbons (Fsp3) is 0.0588. The zero-order valence-corrected chi connectivity index (χ0v) is 29.3. The standard InChI is InChI=1S/C51H37N/c1-51(2)47-16-10-9-15-43(47)44-28-27-42(33-48(44)51)52-49-29-25-40(38-21-17-36(18-22-38)34-11-5-3-6-12-34)31-45(49)46-32-41(26-30-50(46)52)39-23-19-37(20-24-39)35-13-7-4-8-14-35/h3-33H,1-2H3. The first kappa shape index (κ1) is 30.4. The van der Waals surface area contributed by atoms with Crippen molar-refractivity contribution in [2.24, 2.45) is 0 Å². The zero-order valence-electron chi connectivity index (χ0n) is 29.3. The number of benzene rings is 8. The average molecular weight is 664 g/mol. The van der Waals surface area contributed by atoms with Crippen LogP contribution < -0.4 is 0 Å². The van der Waals surface area contributed by atoms with Crippen LogP contribution in [0.25, 0.3) is 83.1 Å². The van der Waals surface area contributed by atoms with Gasteiger partial charge >= 0.3 is 0 Å². The molecule has 9 aromatic rings. The van der Waals surface area contributed by atoms with Crippen molar-refractivity contribution in [1.29, 1.82) is 0 Å². The lowest BCUT2D eigenvalue weighted by Gasteiger charge is -2.22. The molecule has 0 amide bonds. The van der Waals surface area contributed by atoms with Crippen LogP contribution >= 0.6 is 0 Å². The van der Waals surface area contributed by atoms with Crippen LogP contribution in [-0.2, 0) is 5.41 Å². The normalized spacial score (nSPS) is 13.0. The van der Waals surface area contributed by atoms with Gasteiger partial charge in [0.05, 0.1) is 11.0 Å². The van der Waals surface area contributed by atoms with Gasteiger partial charge in [0.2, 0.25) is 0 Å². The second-order valence-corrected chi connectivity index (χ2v) is 14.6. The largest absolute Gasteiger partial charge is 0.309 e. The van der Waals surface area contributed by atoms with Crippen LogP contribution in [0.4, 0.5) is 0 Å². The van der Waals surface area contributed by atoms with Gasteiger partial charge in [0.15, 0.2) is 0 Å². The molecule has 0 spiro atoms. The molecule has 1 aromatic heterocycles. The molecule has 0 atom stereocenters. The van der Waals surface area contributed by atoms with E-state index in [0.717, 1.165) is 0 Å². The second kappa shape index (κ2) is 11.8. The minimum atomic E-state index is -0.0706. The maximum atomic E-state index is 2.47. The van der Waals surface area contributed by atoms with Crippen LogP contribution in [0.15, 0.2) is 188 Å². The van der Waals surface area contributed by atoms with Crippen molar-refractivity contribution < 1.29 is 0 Å². The van der Waals surface area contributed by atoms with E-state index in [1.807, 2.05) is 0 Å². The van der Waals surface area contributed by atoms with Crippen LogP contribution in [0, 0.1) is 0 Å². The Balaban J connectivity index is 1.13. The van der Waals surface area contributed by atoms with Crippen molar-refractivity contribution in [3.63, 3.8) is 0 Å². The van der Waals surface area contributed by atoms with Gasteiger partial charge in [-0.2, -0.15) is 0 Å². The molecule has 0 aliphatic heterocycles. The van der Waals surface area contributed by atoms with Crippen molar-refractivity contribution >= 4 is 21.8 Å². The first-order valence-electron chi connectivity index (χ1n) is 18.2. The Hall–Kier alpha value is -6.44. The van der Waals surface area contributed by atoms with E-state index >= 15 is 0 Å². The molecule has 1 aliphatic rings. The van der Waals surface area contributed by atoms with Gasteiger partial charge in [0, 0.05) is 21.9 Å². The predicted octanol–water partition coefficient (Wildman–Crippen LogP) is 13.8. The minimum absolute atomic E-state index is 0.0706. The fourth-order valence-corrected chi connectivity index (χ4v) is 8.46. The Morgan fingerprint density at radius 3 is 1.25 bits per heavy atom. The van der Waals surface area contributed by atoms with Gasteiger partial charge in [-0.3, -0.25) is 0 Å². The first-order chi connectivity index (χ1) is 25.5. The van der Waals surface area contributed by atoms with Crippen LogP contribution in [0.1, 0.15) is 25.0 Å². The number of nitrogens with zero attached hydrogens (tertiary/aromatic N) is 1. The van der Waals surface area contributed by atoms with Gasteiger partial charge in [-0.1, -0.05) is 166 Å². The number of hydrogen-bond donors (Lipinski definition) is 0. The molecule has 1 nitrogen and oxygen atoms in total. The topological polar surface area (TPSA) is 4.93 Å². The first-order valence-corrected chi connectivity index (χ1v) is 18.2. The summed E-state index contributed by atoms with van der Waals surface area (Å²) in [5.41, 5.74) is 18.8. The summed E-state index contributed by atoms with van der Waals surface area (Å²) < 4.78 is 2.47. The lowest BCUT2D eigenvalue weighted by atomic mass is 9.82. The van der Waals surface area contributed by atoms with Crippen molar-refractivity contribution in [3.8, 4) is 61.3 Å². The highest BCUT2D eigenvalue weighted by Gasteiger charge is 2.35. The third kappa shape index (κ3) is 4.85. The molecular formula is C51H37N. The van der Waals surface area contributed by atoms with Crippen LogP contribution in [0.5, 0.6) is 0 Å². The van der Waals surface area contributed by atoms with E-state index in [1.54, 1.807) is 0 Å². The Labute approximate surface area is 305 Å². The number of aromatic nitrogens is 1. The molecule has 0 N–H and O–H groups in total. The Morgan fingerprint density at radius 1 is 0.327 bits per heavy atom. The number of rotatable bonds is 5. The monoisotopic (exact) mass is 663 g/mol. The van der Waals surface area contributed by atoms with Crippen LogP contribution in [-0.4, -0.2) is 4.57 Å². The summed E-state index contributed by atoms with van der Waals surface area (Å²) in [5.74, 6) is 0. The highest BCUT2D eigenvalue weighted by Crippen LogP contribution is 2.49. The van der Waals surface area contributed by atoms with Gasteiger partial charge < -0.3 is 4.57 Å². The molecule has 10 rings (SSSR count). The smallest absolute Gasteiger partial charge is 0.0541 e. The Kier molecular flexibility index (Phi) is 6.91. The molecule has 1 heterocycles. The maximum absolute atomic E-state index is 2.47. The van der Waals surface area contributed by atoms with Crippen LogP contribution in [0.2, 0.25) is 0 Å². The van der Waals surface area contributed by atoms with E-state index in [2.05, 4.69) is 206 Å². The summed E-state index contributed by atoms with van der Waals surface area (Å²) in [7, 11) is 0. The third-order valence-electron chi connectivity index (χ3n) is 11.2. The summed E-state index contributed by atoms with van der Waals surface area (Å²) in [6, 6.07) is 69.1. The van der Waals surface area contributed by atoms with E-state index in [-0.39, 0.29) is 5.41 Å². The van der Waals surface area contributed by atoms with Crippen molar-refractivity contribution in [1.82, 2.24) is 4.57 Å². The molecule has 1 heteroatoms. The van der Waals surface area contributed by atoms with Gasteiger partial charge in [-0.25, -0.2) is 0 Å². The van der Waals surface area contributed by atoms with E-state index in [0.29, 0.717) is 0 Å². The SMILES string of the molecule is CC1(C)c2ccccc2-c2ccc(-n3c4ccc(-c5ccc(-c6ccccc6)cc5)cc4c4cc(-c5ccc(-c6ccccc6)cc5)ccc43)cc21. The van der Waals surface area contributed by atoms with E-state index in [4.69, 9.17) is 0 Å². The summed E-state index contributed by atoms with van der Waals surface area (Å²) in [6.07, 6.45) is 0. The number of hydrogen-bond acceptors (Lipinski definition) is 0. The molecule has 0 saturated carbocycles. The van der Waals surface area contributed by atoms with Crippen molar-refractivity contribution in [3.05, 3.63) is 199 Å². The van der Waals surface area contributed by atoms with Crippen molar-refractivity contribution in [2.45, 2.75) is 19.3 Å². The van der Waals surface area contributed by atoms with E-state index < -0.39 is 0 Å². The molecular weight excluding hydrogens is 627 g/mol. The predicted molar refractivity (Wildman–Crippen MR) is 220 cm³/mol. The molecule has 8 aromatic carbocycles. The summed E-state index contributed by atoms with van der Waals surface area (Å²) >= 11 is 0. The molecule has 0 unspecified atom stereocenters. The fourth-order valence-electron chi connectivity index (χ4n) is 8.46. The van der Waals surface area contributed by atoms with Gasteiger partial charge in [-0.15, -0.1) is 0 Å². The molecule has 0 radical (unpaired) electrons. The molecule has 52 heavy (non-hydrogen) atoms. The maximum Gasteiger partial charge on any atom is 0.0541 e. The third-order valence-corrected chi connectivity index (χ3v) is 11.2. The lowest BCUT2D eigenvalue weighted by Crippen LogP contribution is -2.15. The van der Waals surface area contributed by atoms with Crippen molar-refractivity contribution in [2.75, 3.05) is 0 Å². The molecule has 1 aliphatic carbocycles. The Morgan fingerprint density at radius 2 is 0.731 bits per heavy atom. The minimum Gasteiger partial charge on any atom is -0.309 e. The number of fused-ring (bicyclic) bond motifs is 6. The average Bonchev–Trinajstić information content (AvgIpc) is 3.66. The Bertz CT molecular complexity index is 2630. The lowest BCUT2D eigenvalue weighted by molar-refractivity contribution is 0.660. The molecule has 0 saturated heterocycles. The van der Waals surface area contributed by atoms with E-state index in [1.165, 1.54) is 94.3 Å². The van der Waals surface area contributed by atoms with Gasteiger partial charge in [-0.05, 0) is 103 Å². The highest BCUT2D eigenvalue weighted by molar-refractivity contribution is 6.11. The van der Waals surface area contributed by atoms with E-state index in [9.17, 15) is 0 Å². The molecule has 246 valence electrons. The van der Waals surface area contributed by atoms with Gasteiger partial charge in [0.25, 0.3) is 0 Å². The van der Waals surface area contributed by atoms with Gasteiger partial charge in [0.1, 0.15) is 0 Å². The summed E-state index contributed by atoms with van der Waals surface area (Å²) in [4.78, 5) is 0. The highest BCUT2D eigenvalue weighted by atomic mass is 15.0. The second-order valence-electron chi connectivity index (χ2n) is 14.6. The zero-order chi connectivity index (χ0) is 34.8. The summed E-state index contributed by atoms with van der Waals surface area (Å²) in [6.45, 7) is 4.72. The molecule has 0 fully saturated rings. The molecule has 0 bridgehead atoms.